The molecule has 0 aliphatic heterocycles. The zero-order valence-electron chi connectivity index (χ0n) is 9.90. The highest BCUT2D eigenvalue weighted by Crippen LogP contribution is 2.18. The highest BCUT2D eigenvalue weighted by atomic mass is 16.5. The van der Waals surface area contributed by atoms with Crippen molar-refractivity contribution in [1.82, 2.24) is 4.98 Å². The largest absolute Gasteiger partial charge is 0.462 e. The fourth-order valence-corrected chi connectivity index (χ4v) is 1.91. The van der Waals surface area contributed by atoms with E-state index in [0.29, 0.717) is 13.0 Å². The van der Waals surface area contributed by atoms with Gasteiger partial charge in [-0.3, -0.25) is 0 Å². The Kier molecular flexibility index (Phi) is 3.44. The summed E-state index contributed by atoms with van der Waals surface area (Å²) in [6, 6.07) is 7.67. The van der Waals surface area contributed by atoms with Crippen LogP contribution in [0.25, 0.3) is 10.9 Å². The topological polar surface area (TPSA) is 69.7 Å². The second-order valence-corrected chi connectivity index (χ2v) is 4.01. The lowest BCUT2D eigenvalue weighted by atomic mass is 10.1. The molecule has 4 nitrogen and oxygen atoms in total. The van der Waals surface area contributed by atoms with Gasteiger partial charge in [0.25, 0.3) is 0 Å². The number of carbonyl (C=O) groups is 1. The smallest absolute Gasteiger partial charge is 0.365 e. The van der Waals surface area contributed by atoms with Gasteiger partial charge < -0.3 is 15.5 Å². The van der Waals surface area contributed by atoms with Crippen molar-refractivity contribution < 1.29 is 15.3 Å². The van der Waals surface area contributed by atoms with Crippen LogP contribution < -0.4 is 5.73 Å². The molecule has 1 atom stereocenters. The maximum absolute atomic E-state index is 11.5. The molecule has 17 heavy (non-hydrogen) atoms. The Balaban J connectivity index is 2.16. The molecule has 0 aliphatic carbocycles. The molecule has 0 radical (unpaired) electrons. The summed E-state index contributed by atoms with van der Waals surface area (Å²) in [5.74, 6) is -0.238. The molecule has 4 heteroatoms. The Morgan fingerprint density at radius 2 is 2.24 bits per heavy atom. The summed E-state index contributed by atoms with van der Waals surface area (Å²) in [7, 11) is 0. The molecule has 1 heterocycles. The second-order valence-electron chi connectivity index (χ2n) is 4.01. The highest BCUT2D eigenvalue weighted by Gasteiger charge is 2.20. The van der Waals surface area contributed by atoms with Crippen LogP contribution in [0.5, 0.6) is 0 Å². The molecule has 0 saturated carbocycles. The summed E-state index contributed by atoms with van der Waals surface area (Å²) in [5, 5.41) is 1.14. The van der Waals surface area contributed by atoms with E-state index >= 15 is 0 Å². The third kappa shape index (κ3) is 2.47. The Morgan fingerprint density at radius 1 is 1.47 bits per heavy atom. The Labute approximate surface area is 99.8 Å². The highest BCUT2D eigenvalue weighted by molar-refractivity contribution is 5.84. The van der Waals surface area contributed by atoms with Crippen LogP contribution in [-0.4, -0.2) is 23.6 Å². The fourth-order valence-electron chi connectivity index (χ4n) is 1.91. The van der Waals surface area contributed by atoms with Crippen LogP contribution in [0.2, 0.25) is 0 Å². The number of hydrogen-bond donors (Lipinski definition) is 2. The van der Waals surface area contributed by atoms with Crippen molar-refractivity contribution in [2.75, 3.05) is 6.61 Å². The van der Waals surface area contributed by atoms with E-state index in [1.54, 1.807) is 6.92 Å². The van der Waals surface area contributed by atoms with Crippen molar-refractivity contribution >= 4 is 16.9 Å². The van der Waals surface area contributed by atoms with Crippen molar-refractivity contribution in [2.24, 2.45) is 0 Å². The van der Waals surface area contributed by atoms with Crippen molar-refractivity contribution in [3.63, 3.8) is 0 Å². The molecule has 0 unspecified atom stereocenters. The first-order valence-corrected chi connectivity index (χ1v) is 5.77. The summed E-state index contributed by atoms with van der Waals surface area (Å²) in [5.41, 5.74) is 6.04. The van der Waals surface area contributed by atoms with Gasteiger partial charge in [0, 0.05) is 23.5 Å². The van der Waals surface area contributed by atoms with Crippen LogP contribution in [0.3, 0.4) is 0 Å². The lowest BCUT2D eigenvalue weighted by Crippen LogP contribution is -2.66. The van der Waals surface area contributed by atoms with Crippen LogP contribution in [-0.2, 0) is 16.0 Å². The predicted octanol–water partition coefficient (Wildman–Crippen LogP) is 0.884. The Hall–Kier alpha value is -1.81. The van der Waals surface area contributed by atoms with E-state index in [4.69, 9.17) is 4.74 Å². The molecule has 1 aromatic carbocycles. The SMILES string of the molecule is CCOC(=O)[C@H]([NH3+])Cc1c[nH]c2ccccc12. The van der Waals surface area contributed by atoms with Gasteiger partial charge in [-0.1, -0.05) is 18.2 Å². The fraction of sp³-hybridized carbons (Fsp3) is 0.308. The number of esters is 1. The van der Waals surface area contributed by atoms with Gasteiger partial charge in [-0.15, -0.1) is 0 Å². The molecular formula is C13H17N2O2+. The van der Waals surface area contributed by atoms with Gasteiger partial charge in [-0.05, 0) is 18.6 Å². The van der Waals surface area contributed by atoms with E-state index in [9.17, 15) is 4.79 Å². The zero-order chi connectivity index (χ0) is 12.3. The minimum absolute atomic E-state index is 0.238. The van der Waals surface area contributed by atoms with Crippen molar-refractivity contribution in [1.29, 1.82) is 0 Å². The summed E-state index contributed by atoms with van der Waals surface area (Å²) < 4.78 is 4.95. The lowest BCUT2D eigenvalue weighted by molar-refractivity contribution is -0.407. The van der Waals surface area contributed by atoms with Gasteiger partial charge in [-0.25, -0.2) is 4.79 Å². The number of quaternary nitrogens is 1. The van der Waals surface area contributed by atoms with E-state index in [1.807, 2.05) is 30.5 Å². The normalized spacial score (nSPS) is 12.6. The number of rotatable bonds is 4. The first-order valence-electron chi connectivity index (χ1n) is 5.77. The van der Waals surface area contributed by atoms with Gasteiger partial charge in [-0.2, -0.15) is 0 Å². The van der Waals surface area contributed by atoms with E-state index in [-0.39, 0.29) is 12.0 Å². The number of ether oxygens (including phenoxy) is 1. The number of aromatic nitrogens is 1. The average Bonchev–Trinajstić information content (AvgIpc) is 2.73. The molecule has 90 valence electrons. The molecule has 0 fully saturated rings. The molecule has 2 rings (SSSR count). The third-order valence-corrected chi connectivity index (χ3v) is 2.76. The van der Waals surface area contributed by atoms with Crippen LogP contribution in [0.1, 0.15) is 12.5 Å². The number of para-hydroxylation sites is 1. The minimum atomic E-state index is -0.353. The molecular weight excluding hydrogens is 216 g/mol. The number of carbonyl (C=O) groups excluding carboxylic acids is 1. The Bertz CT molecular complexity index is 519. The molecule has 1 aromatic heterocycles. The minimum Gasteiger partial charge on any atom is -0.462 e. The monoisotopic (exact) mass is 233 g/mol. The van der Waals surface area contributed by atoms with Crippen LogP contribution >= 0.6 is 0 Å². The average molecular weight is 233 g/mol. The first kappa shape index (κ1) is 11.7. The van der Waals surface area contributed by atoms with Crippen molar-refractivity contribution in [2.45, 2.75) is 19.4 Å². The van der Waals surface area contributed by atoms with Crippen molar-refractivity contribution in [3.8, 4) is 0 Å². The summed E-state index contributed by atoms with van der Waals surface area (Å²) in [4.78, 5) is 14.7. The first-order chi connectivity index (χ1) is 8.22. The number of benzene rings is 1. The standard InChI is InChI=1S/C13H16N2O2/c1-2-17-13(16)11(14)7-9-8-15-12-6-4-3-5-10(9)12/h3-6,8,11,15H,2,7,14H2,1H3/p+1/t11-/m1/s1. The van der Waals surface area contributed by atoms with E-state index in [1.165, 1.54) is 0 Å². The van der Waals surface area contributed by atoms with Crippen molar-refractivity contribution in [3.05, 3.63) is 36.0 Å². The summed E-state index contributed by atoms with van der Waals surface area (Å²) in [6.45, 7) is 2.20. The van der Waals surface area contributed by atoms with E-state index in [0.717, 1.165) is 16.5 Å². The molecule has 0 spiro atoms. The summed E-state index contributed by atoms with van der Waals surface area (Å²) in [6.07, 6.45) is 2.53. The van der Waals surface area contributed by atoms with Gasteiger partial charge in [0.05, 0.1) is 6.61 Å². The lowest BCUT2D eigenvalue weighted by Gasteiger charge is -2.06. The number of H-pyrrole nitrogens is 1. The quantitative estimate of drug-likeness (QED) is 0.770. The van der Waals surface area contributed by atoms with Gasteiger partial charge in [0.15, 0.2) is 6.04 Å². The maximum Gasteiger partial charge on any atom is 0.365 e. The molecule has 0 bridgehead atoms. The molecule has 4 N–H and O–H groups in total. The van der Waals surface area contributed by atoms with E-state index in [2.05, 4.69) is 10.7 Å². The molecule has 0 aliphatic rings. The zero-order valence-corrected chi connectivity index (χ0v) is 9.90. The van der Waals surface area contributed by atoms with Crippen LogP contribution in [0.15, 0.2) is 30.5 Å². The molecule has 2 aromatic rings. The van der Waals surface area contributed by atoms with Gasteiger partial charge >= 0.3 is 5.97 Å². The number of hydrogen-bond acceptors (Lipinski definition) is 2. The van der Waals surface area contributed by atoms with Crippen LogP contribution in [0.4, 0.5) is 0 Å². The van der Waals surface area contributed by atoms with E-state index < -0.39 is 0 Å². The number of aromatic amines is 1. The summed E-state index contributed by atoms with van der Waals surface area (Å²) >= 11 is 0. The van der Waals surface area contributed by atoms with Gasteiger partial charge in [0.1, 0.15) is 0 Å². The Morgan fingerprint density at radius 3 is 3.00 bits per heavy atom. The molecule has 0 amide bonds. The predicted molar refractivity (Wildman–Crippen MR) is 65.3 cm³/mol. The number of fused-ring (bicyclic) bond motifs is 1. The van der Waals surface area contributed by atoms with Crippen LogP contribution in [0, 0.1) is 0 Å². The number of nitrogens with one attached hydrogen (secondary N) is 1. The second kappa shape index (κ2) is 5.01. The van der Waals surface area contributed by atoms with Gasteiger partial charge in [0.2, 0.25) is 0 Å². The molecule has 0 saturated heterocycles. The third-order valence-electron chi connectivity index (χ3n) is 2.76. The maximum atomic E-state index is 11.5.